The lowest BCUT2D eigenvalue weighted by atomic mass is 10.2. The number of nitrogen functional groups attached to an aromatic ring is 5. The molecule has 20 aromatic rings. The van der Waals surface area contributed by atoms with Crippen LogP contribution in [0.2, 0.25) is 0 Å². The van der Waals surface area contributed by atoms with Crippen molar-refractivity contribution in [2.75, 3.05) is 131 Å². The number of thiazole rings is 2. The number of anilines is 16. The summed E-state index contributed by atoms with van der Waals surface area (Å²) in [5, 5.41) is 41.3. The Balaban J connectivity index is 0.000000120. The Hall–Kier alpha value is -18.8. The van der Waals surface area contributed by atoms with Gasteiger partial charge in [0.1, 0.15) is 11.1 Å². The highest BCUT2D eigenvalue weighted by Gasteiger charge is 2.26. The van der Waals surface area contributed by atoms with Crippen molar-refractivity contribution < 1.29 is 66.1 Å². The van der Waals surface area contributed by atoms with E-state index in [1.165, 1.54) is 53.2 Å². The molecule has 49 heteroatoms. The van der Waals surface area contributed by atoms with Crippen molar-refractivity contribution in [3.63, 3.8) is 0 Å². The van der Waals surface area contributed by atoms with Crippen LogP contribution in [0.1, 0.15) is 20.8 Å². The zero-order valence-electron chi connectivity index (χ0n) is 76.1. The van der Waals surface area contributed by atoms with Crippen molar-refractivity contribution in [2.24, 2.45) is 0 Å². The second kappa shape index (κ2) is 40.3. The van der Waals surface area contributed by atoms with Crippen molar-refractivity contribution in [3.05, 3.63) is 200 Å². The number of nitrogens with one attached hydrogen (secondary N) is 8. The molecule has 0 atom stereocenters. The summed E-state index contributed by atoms with van der Waals surface area (Å²) in [7, 11) is 13.9. The molecule has 0 radical (unpaired) electrons. The van der Waals surface area contributed by atoms with E-state index in [-0.39, 0.29) is 48.5 Å². The highest BCUT2D eigenvalue weighted by Crippen LogP contribution is 2.45. The minimum Gasteiger partial charge on any atom is -0.493 e. The molecule has 10 aromatic carbocycles. The maximum atomic E-state index is 11.9. The summed E-state index contributed by atoms with van der Waals surface area (Å²) in [4.78, 5) is 61.9. The average molecular weight is 1920 g/mol. The minimum absolute atomic E-state index is 0.107. The van der Waals surface area contributed by atoms with Crippen LogP contribution in [0.3, 0.4) is 0 Å². The predicted molar refractivity (Wildman–Crippen MR) is 526 cm³/mol. The fourth-order valence-corrected chi connectivity index (χ4v) is 15.6. The number of methoxy groups -OCH3 is 9. The van der Waals surface area contributed by atoms with E-state index in [9.17, 15) is 4.79 Å². The van der Waals surface area contributed by atoms with Gasteiger partial charge in [-0.15, -0.1) is 30.2 Å². The molecule has 10 aromatic heterocycles. The van der Waals surface area contributed by atoms with E-state index in [1.807, 2.05) is 160 Å². The summed E-state index contributed by atoms with van der Waals surface area (Å²) >= 11 is 2.99. The Morgan fingerprint density at radius 2 is 0.755 bits per heavy atom. The molecule has 0 spiro atoms. The van der Waals surface area contributed by atoms with Gasteiger partial charge in [-0.05, 0) is 118 Å². The highest BCUT2D eigenvalue weighted by molar-refractivity contribution is 7.21. The standard InChI is InChI=1S/C20H21N7O2S.2C18H19N7O3.C18H18N6O4.C16H12N6O2S/c1-20(2,3)29-19(28)23-13-10-8-12(9-11-13)22-17-25-16(21)27(26-17)18-24-14-6-4-5-7-15(14)30-18;1-26-13-8-10(9-14(27-2)15(13)28-3)20-17-23-16(19)25(24-17)18-21-11-6-4-5-7-12(11)22-18;1-26-13-8-10(9-14(27-2)15(13)28-3)20-17-23-16(19)24-25(17)18-21-11-6-4-5-7-12(11)22-18;1-25-13-8-10(9-14(26-2)15(13)27-3)20-17-22-16(19)24(23-17)18-21-11-6-4-5-7-12(11)28-18;17-14-20-15(18-9-5-6-11-12(7-9)24-8-23-11)21-22(14)16-19-10-3-1-2-4-13(10)25-16/h4-11H,1-3H3,(H,23,28)(H3,21,22,25,26);2*4-9H,1-3H3,(H,21,22)(H3,19,20,23,24);4-9H,1-3H3,(H3,19,20,22,23);1-7H,8H2,(H3,17,18,20,21). The molecule has 0 unspecified atom stereocenters. The van der Waals surface area contributed by atoms with Crippen molar-refractivity contribution in [3.8, 4) is 91.4 Å². The number of nitrogens with zero attached hydrogens (tertiary/aromatic N) is 20. The number of amides is 1. The fraction of sp³-hybridized carbons (Fsp3) is 0.156. The highest BCUT2D eigenvalue weighted by atomic mass is 32.1. The first kappa shape index (κ1) is 92.0. The minimum atomic E-state index is -0.556. The van der Waals surface area contributed by atoms with Crippen molar-refractivity contribution in [1.29, 1.82) is 0 Å². The molecule has 0 saturated heterocycles. The van der Waals surface area contributed by atoms with Crippen molar-refractivity contribution in [1.82, 2.24) is 109 Å². The zero-order chi connectivity index (χ0) is 97.1. The number of ether oxygens (including phenoxy) is 12. The van der Waals surface area contributed by atoms with Crippen LogP contribution in [0.5, 0.6) is 63.2 Å². The van der Waals surface area contributed by atoms with E-state index in [2.05, 4.69) is 117 Å². The van der Waals surface area contributed by atoms with Gasteiger partial charge in [0.05, 0.1) is 106 Å². The summed E-state index contributed by atoms with van der Waals surface area (Å²) in [6.07, 6.45) is -0.507. The second-order valence-electron chi connectivity index (χ2n) is 30.2. The molecule has 1 aliphatic rings. The first-order valence-electron chi connectivity index (χ1n) is 41.8. The topological polar surface area (TPSA) is 593 Å². The van der Waals surface area contributed by atoms with Gasteiger partial charge in [-0.2, -0.15) is 48.6 Å². The SMILES string of the molecule is CC(C)(C)OC(=O)Nc1ccc(Nc2nc(N)n(-c3nc4ccccc4s3)n2)cc1.COc1cc(Nc2nc(N)n(-c3nc4ccccc4[nH]3)n2)cc(OC)c1OC.COc1cc(Nc2nc(N)n(-c3nc4ccccc4o3)n2)cc(OC)c1OC.COc1cc(Nc2nc(N)nn2-c2nc3ccccc3[nH]2)cc(OC)c1OC.Nc1nc(Nc2ccc3c(c2)OCO3)nn1-c1nc2ccccc2s1. The number of aromatic amines is 2. The summed E-state index contributed by atoms with van der Waals surface area (Å²) in [5.41, 5.74) is 39.9. The molecule has 11 heterocycles. The molecule has 0 saturated carbocycles. The first-order chi connectivity index (χ1) is 67.4. The number of nitrogens with two attached hydrogens (primary N) is 5. The fourth-order valence-electron chi connectivity index (χ4n) is 13.7. The molecular formula is C90H89N33O14S2. The number of benzene rings is 10. The first-order valence-corrected chi connectivity index (χ1v) is 43.4. The number of hydrogen-bond donors (Lipinski definition) is 13. The second-order valence-corrected chi connectivity index (χ2v) is 32.2. The monoisotopic (exact) mass is 1920 g/mol. The number of fused-ring (bicyclic) bond motifs is 6. The van der Waals surface area contributed by atoms with E-state index in [4.69, 9.17) is 89.9 Å². The third-order valence-electron chi connectivity index (χ3n) is 19.9. The molecule has 1 aliphatic heterocycles. The third-order valence-corrected chi connectivity index (χ3v) is 21.9. The number of carbonyl (C=O) groups excluding carboxylic acids is 1. The van der Waals surface area contributed by atoms with Crippen molar-refractivity contribution >= 4 is 176 Å². The van der Waals surface area contributed by atoms with E-state index < -0.39 is 11.7 Å². The van der Waals surface area contributed by atoms with Gasteiger partial charge >= 0.3 is 12.1 Å². The van der Waals surface area contributed by atoms with Crippen LogP contribution < -0.4 is 113 Å². The molecule has 0 aliphatic carbocycles. The molecule has 710 valence electrons. The number of oxazole rings is 1. The van der Waals surface area contributed by atoms with Crippen LogP contribution in [0.15, 0.2) is 205 Å². The van der Waals surface area contributed by atoms with E-state index >= 15 is 0 Å². The summed E-state index contributed by atoms with van der Waals surface area (Å²) in [5.74, 6) is 9.46. The van der Waals surface area contributed by atoms with Gasteiger partial charge in [-0.3, -0.25) is 5.32 Å². The molecule has 18 N–H and O–H groups in total. The normalized spacial score (nSPS) is 11.3. The van der Waals surface area contributed by atoms with Gasteiger partial charge in [0.25, 0.3) is 0 Å². The van der Waals surface area contributed by atoms with Gasteiger partial charge in [0, 0.05) is 76.6 Å². The average Bonchev–Trinajstić information content (AvgIpc) is 1.66. The van der Waals surface area contributed by atoms with Crippen LogP contribution in [-0.2, 0) is 4.74 Å². The summed E-state index contributed by atoms with van der Waals surface area (Å²) in [6.45, 7) is 5.67. The Morgan fingerprint density at radius 1 is 0.367 bits per heavy atom. The zero-order valence-corrected chi connectivity index (χ0v) is 77.8. The van der Waals surface area contributed by atoms with E-state index in [0.717, 1.165) is 59.6 Å². The lowest BCUT2D eigenvalue weighted by Gasteiger charge is -2.19. The Labute approximate surface area is 795 Å². The van der Waals surface area contributed by atoms with Crippen LogP contribution in [0, 0.1) is 0 Å². The predicted octanol–water partition coefficient (Wildman–Crippen LogP) is 15.2. The number of carbonyl (C=O) groups is 1. The van der Waals surface area contributed by atoms with Crippen LogP contribution in [0.4, 0.5) is 98.4 Å². The van der Waals surface area contributed by atoms with Gasteiger partial charge < -0.3 is 126 Å². The smallest absolute Gasteiger partial charge is 0.412 e. The number of H-pyrrole nitrogens is 2. The van der Waals surface area contributed by atoms with Crippen LogP contribution >= 0.6 is 22.7 Å². The summed E-state index contributed by atoms with van der Waals surface area (Å²) in [6, 6.07) is 61.8. The van der Waals surface area contributed by atoms with Gasteiger partial charge in [-0.1, -0.05) is 83.3 Å². The lowest BCUT2D eigenvalue weighted by molar-refractivity contribution is 0.0635. The molecule has 47 nitrogen and oxygen atoms in total. The quantitative estimate of drug-likeness (QED) is 0.0253. The van der Waals surface area contributed by atoms with Gasteiger partial charge in [-0.25, -0.2) is 24.7 Å². The maximum Gasteiger partial charge on any atom is 0.412 e. The summed E-state index contributed by atoms with van der Waals surface area (Å²) < 4.78 is 79.2. The number of para-hydroxylation sites is 8. The lowest BCUT2D eigenvalue weighted by Crippen LogP contribution is -2.27. The Morgan fingerprint density at radius 3 is 1.22 bits per heavy atom. The Bertz CT molecular complexity index is 7370. The molecular weight excluding hydrogens is 1830 g/mol. The number of rotatable bonds is 25. The molecule has 21 rings (SSSR count). The van der Waals surface area contributed by atoms with Crippen LogP contribution in [0.25, 0.3) is 81.8 Å². The number of aromatic nitrogens is 22. The van der Waals surface area contributed by atoms with Gasteiger partial charge in [0.2, 0.25) is 106 Å². The maximum absolute atomic E-state index is 11.9. The molecule has 0 fully saturated rings. The third kappa shape index (κ3) is 20.8. The van der Waals surface area contributed by atoms with Crippen molar-refractivity contribution in [2.45, 2.75) is 26.4 Å². The number of hydrogen-bond acceptors (Lipinski definition) is 41. The van der Waals surface area contributed by atoms with Gasteiger partial charge in [0.15, 0.2) is 51.6 Å². The van der Waals surface area contributed by atoms with E-state index in [1.54, 1.807) is 118 Å². The molecule has 0 bridgehead atoms. The van der Waals surface area contributed by atoms with Crippen LogP contribution in [-0.4, -0.2) is 191 Å². The van der Waals surface area contributed by atoms with E-state index in [0.29, 0.717) is 137 Å². The number of imidazole rings is 2. The Kier molecular flexibility index (Phi) is 26.7. The molecule has 139 heavy (non-hydrogen) atoms. The largest absolute Gasteiger partial charge is 0.493 e. The molecule has 1 amide bonds.